The highest BCUT2D eigenvalue weighted by Gasteiger charge is 2.64. The zero-order valence-corrected chi connectivity index (χ0v) is 14.9. The van der Waals surface area contributed by atoms with Gasteiger partial charge in [-0.2, -0.15) is 0 Å². The summed E-state index contributed by atoms with van der Waals surface area (Å²) in [6.07, 6.45) is 7.44. The second-order valence-corrected chi connectivity index (χ2v) is 7.81. The fraction of sp³-hybridized carbons (Fsp3) is 0.455. The molecule has 0 unspecified atom stereocenters. The third-order valence-electron chi connectivity index (χ3n) is 6.95. The highest BCUT2D eigenvalue weighted by Crippen LogP contribution is 2.68. The molecule has 130 valence electrons. The van der Waals surface area contributed by atoms with Gasteiger partial charge in [0, 0.05) is 17.4 Å². The molecule has 0 saturated heterocycles. The van der Waals surface area contributed by atoms with E-state index in [9.17, 15) is 9.59 Å². The van der Waals surface area contributed by atoms with Crippen molar-refractivity contribution in [1.29, 1.82) is 0 Å². The van der Waals surface area contributed by atoms with Crippen molar-refractivity contribution in [1.82, 2.24) is 0 Å². The van der Waals surface area contributed by atoms with Gasteiger partial charge < -0.3 is 4.74 Å². The quantitative estimate of drug-likeness (QED) is 0.756. The van der Waals surface area contributed by atoms with Gasteiger partial charge in [-0.15, -0.1) is 6.58 Å². The Kier molecular flexibility index (Phi) is 3.54. The summed E-state index contributed by atoms with van der Waals surface area (Å²) in [4.78, 5) is 25.7. The minimum atomic E-state index is -0.520. The third kappa shape index (κ3) is 1.92. The lowest BCUT2D eigenvalue weighted by atomic mass is 9.46. The summed E-state index contributed by atoms with van der Waals surface area (Å²) in [5, 5.41) is 0. The van der Waals surface area contributed by atoms with E-state index in [1.165, 1.54) is 0 Å². The average molecular weight is 336 g/mol. The van der Waals surface area contributed by atoms with Crippen LogP contribution in [0.5, 0.6) is 5.75 Å². The fourth-order valence-electron chi connectivity index (χ4n) is 5.67. The molecule has 1 aromatic carbocycles. The second kappa shape index (κ2) is 5.42. The van der Waals surface area contributed by atoms with Crippen LogP contribution in [0.1, 0.15) is 60.9 Å². The van der Waals surface area contributed by atoms with Gasteiger partial charge in [0.15, 0.2) is 11.6 Å². The van der Waals surface area contributed by atoms with Gasteiger partial charge in [-0.25, -0.2) is 0 Å². The van der Waals surface area contributed by atoms with E-state index in [0.29, 0.717) is 12.8 Å². The predicted molar refractivity (Wildman–Crippen MR) is 97.0 cm³/mol. The Bertz CT molecular complexity index is 819. The van der Waals surface area contributed by atoms with Gasteiger partial charge in [0.1, 0.15) is 5.75 Å². The predicted octanol–water partition coefficient (Wildman–Crippen LogP) is 4.63. The van der Waals surface area contributed by atoms with Crippen molar-refractivity contribution < 1.29 is 14.3 Å². The molecule has 3 nitrogen and oxygen atoms in total. The van der Waals surface area contributed by atoms with Crippen molar-refractivity contribution in [2.45, 2.75) is 44.9 Å². The molecule has 0 amide bonds. The van der Waals surface area contributed by atoms with E-state index in [0.717, 1.165) is 41.7 Å². The highest BCUT2D eigenvalue weighted by atomic mass is 16.5. The van der Waals surface area contributed by atoms with E-state index in [-0.39, 0.29) is 22.9 Å². The lowest BCUT2D eigenvalue weighted by molar-refractivity contribution is -0.116. The van der Waals surface area contributed by atoms with Gasteiger partial charge in [-0.05, 0) is 55.4 Å². The van der Waals surface area contributed by atoms with Gasteiger partial charge in [-0.3, -0.25) is 9.59 Å². The van der Waals surface area contributed by atoms with Crippen LogP contribution in [0.4, 0.5) is 0 Å². The van der Waals surface area contributed by atoms with Crippen LogP contribution in [0.2, 0.25) is 0 Å². The van der Waals surface area contributed by atoms with Crippen LogP contribution in [-0.4, -0.2) is 18.7 Å². The zero-order chi connectivity index (χ0) is 17.8. The van der Waals surface area contributed by atoms with E-state index >= 15 is 0 Å². The third-order valence-corrected chi connectivity index (χ3v) is 6.95. The number of hydrogen-bond donors (Lipinski definition) is 0. The van der Waals surface area contributed by atoms with E-state index in [1.807, 2.05) is 24.3 Å². The maximum absolute atomic E-state index is 13.7. The summed E-state index contributed by atoms with van der Waals surface area (Å²) >= 11 is 0. The molecular weight excluding hydrogens is 312 g/mol. The van der Waals surface area contributed by atoms with Crippen LogP contribution in [0, 0.1) is 10.8 Å². The van der Waals surface area contributed by atoms with E-state index < -0.39 is 5.41 Å². The Labute approximate surface area is 148 Å². The number of allylic oxidation sites excluding steroid dienone is 3. The number of Topliss-reactive ketones (excluding diaryl/α,β-unsaturated/α-hetero) is 1. The molecule has 1 aromatic rings. The number of carbonyl (C=O) groups excluding carboxylic acids is 2. The highest BCUT2D eigenvalue weighted by molar-refractivity contribution is 6.08. The molecule has 0 bridgehead atoms. The molecule has 0 N–H and O–H groups in total. The maximum atomic E-state index is 13.7. The fourth-order valence-corrected chi connectivity index (χ4v) is 5.67. The number of hydrogen-bond acceptors (Lipinski definition) is 3. The van der Waals surface area contributed by atoms with E-state index in [2.05, 4.69) is 19.6 Å². The summed E-state index contributed by atoms with van der Waals surface area (Å²) in [7, 11) is 1.63. The van der Waals surface area contributed by atoms with Crippen LogP contribution in [0.15, 0.2) is 42.5 Å². The lowest BCUT2D eigenvalue weighted by Gasteiger charge is -2.55. The molecule has 1 saturated carbocycles. The van der Waals surface area contributed by atoms with Crippen molar-refractivity contribution >= 4 is 11.6 Å². The van der Waals surface area contributed by atoms with Crippen LogP contribution in [-0.2, 0) is 4.79 Å². The van der Waals surface area contributed by atoms with Crippen molar-refractivity contribution in [3.8, 4) is 5.75 Å². The van der Waals surface area contributed by atoms with Crippen molar-refractivity contribution in [2.24, 2.45) is 10.8 Å². The SMILES string of the molecule is C=CC[C@@]12C(=O)c3cc(OC)ccc3[C@H]1CCC1=CC(=O)CC[C@@]12C. The molecule has 0 spiro atoms. The number of rotatable bonds is 3. The molecule has 25 heavy (non-hydrogen) atoms. The molecule has 3 aliphatic carbocycles. The van der Waals surface area contributed by atoms with Crippen LogP contribution in [0.3, 0.4) is 0 Å². The Morgan fingerprint density at radius 1 is 1.32 bits per heavy atom. The molecule has 3 aliphatic rings. The van der Waals surface area contributed by atoms with Gasteiger partial charge in [0.25, 0.3) is 0 Å². The van der Waals surface area contributed by atoms with E-state index in [1.54, 1.807) is 7.11 Å². The molecule has 0 aliphatic heterocycles. The van der Waals surface area contributed by atoms with Crippen molar-refractivity contribution in [3.05, 3.63) is 53.6 Å². The summed E-state index contributed by atoms with van der Waals surface area (Å²) in [5.41, 5.74) is 2.31. The zero-order valence-electron chi connectivity index (χ0n) is 14.9. The Morgan fingerprint density at radius 3 is 2.84 bits per heavy atom. The minimum absolute atomic E-state index is 0.189. The lowest BCUT2D eigenvalue weighted by Crippen LogP contribution is -2.51. The molecule has 0 heterocycles. The summed E-state index contributed by atoms with van der Waals surface area (Å²) in [6, 6.07) is 5.91. The Morgan fingerprint density at radius 2 is 2.12 bits per heavy atom. The average Bonchev–Trinajstić information content (AvgIpc) is 2.86. The van der Waals surface area contributed by atoms with Crippen LogP contribution >= 0.6 is 0 Å². The summed E-state index contributed by atoms with van der Waals surface area (Å²) in [5.74, 6) is 1.31. The number of fused-ring (bicyclic) bond motifs is 5. The van der Waals surface area contributed by atoms with E-state index in [4.69, 9.17) is 4.74 Å². The molecule has 0 aromatic heterocycles. The largest absolute Gasteiger partial charge is 0.497 e. The molecule has 4 rings (SSSR count). The first kappa shape index (κ1) is 16.3. The number of carbonyl (C=O) groups is 2. The van der Waals surface area contributed by atoms with Gasteiger partial charge >= 0.3 is 0 Å². The number of benzene rings is 1. The number of ketones is 2. The molecule has 3 atom stereocenters. The normalized spacial score (nSPS) is 33.2. The van der Waals surface area contributed by atoms with Gasteiger partial charge in [0.05, 0.1) is 12.5 Å². The standard InChI is InChI=1S/C22H24O3/c1-4-10-22-19(8-5-14-12-15(23)9-11-21(14,22)2)17-7-6-16(25-3)13-18(17)20(22)24/h4,6-7,12-13,19H,1,5,8-11H2,2-3H3/t19-,21+,22+/m1/s1. The first-order valence-electron chi connectivity index (χ1n) is 9.05. The minimum Gasteiger partial charge on any atom is -0.497 e. The van der Waals surface area contributed by atoms with Crippen LogP contribution < -0.4 is 4.74 Å². The number of methoxy groups -OCH3 is 1. The summed E-state index contributed by atoms with van der Waals surface area (Å²) in [6.45, 7) is 6.16. The monoisotopic (exact) mass is 336 g/mol. The second-order valence-electron chi connectivity index (χ2n) is 7.81. The topological polar surface area (TPSA) is 43.4 Å². The first-order chi connectivity index (χ1) is 12.0. The number of ether oxygens (including phenoxy) is 1. The van der Waals surface area contributed by atoms with Crippen molar-refractivity contribution in [3.63, 3.8) is 0 Å². The summed E-state index contributed by atoms with van der Waals surface area (Å²) < 4.78 is 5.35. The molecular formula is C22H24O3. The maximum Gasteiger partial charge on any atom is 0.171 e. The van der Waals surface area contributed by atoms with Crippen molar-refractivity contribution in [2.75, 3.05) is 7.11 Å². The van der Waals surface area contributed by atoms with Crippen LogP contribution in [0.25, 0.3) is 0 Å². The smallest absolute Gasteiger partial charge is 0.171 e. The molecule has 3 heteroatoms. The first-order valence-corrected chi connectivity index (χ1v) is 9.05. The van der Waals surface area contributed by atoms with Gasteiger partial charge in [-0.1, -0.05) is 24.6 Å². The Balaban J connectivity index is 1.95. The molecule has 0 radical (unpaired) electrons. The molecule has 1 fully saturated rings. The van der Waals surface area contributed by atoms with Gasteiger partial charge in [0.2, 0.25) is 0 Å². The Hall–Kier alpha value is -2.16.